The Labute approximate surface area is 154 Å². The maximum atomic E-state index is 12.6. The molecule has 0 aromatic heterocycles. The number of aromatic hydroxyl groups is 2. The molecule has 130 valence electrons. The van der Waals surface area contributed by atoms with Crippen LogP contribution in [0, 0.1) is 0 Å². The summed E-state index contributed by atoms with van der Waals surface area (Å²) in [5.41, 5.74) is 2.62. The summed E-state index contributed by atoms with van der Waals surface area (Å²) in [6.07, 6.45) is 2.06. The summed E-state index contributed by atoms with van der Waals surface area (Å²) in [6, 6.07) is 8.80. The second-order valence-electron chi connectivity index (χ2n) is 6.37. The zero-order valence-corrected chi connectivity index (χ0v) is 15.6. The van der Waals surface area contributed by atoms with Crippen LogP contribution in [0.5, 0.6) is 17.2 Å². The van der Waals surface area contributed by atoms with Crippen LogP contribution >= 0.6 is 15.9 Å². The molecule has 0 saturated carbocycles. The molecule has 2 aromatic carbocycles. The predicted octanol–water partition coefficient (Wildman–Crippen LogP) is 5.08. The van der Waals surface area contributed by atoms with Gasteiger partial charge in [-0.3, -0.25) is 4.79 Å². The van der Waals surface area contributed by atoms with Crippen LogP contribution in [0.3, 0.4) is 0 Å². The van der Waals surface area contributed by atoms with Crippen molar-refractivity contribution in [3.8, 4) is 17.2 Å². The van der Waals surface area contributed by atoms with Crippen LogP contribution in [0.1, 0.15) is 47.9 Å². The van der Waals surface area contributed by atoms with Crippen molar-refractivity contribution in [2.75, 3.05) is 0 Å². The standard InChI is InChI=1S/C20H19BrO4/c1-11(2)6-7-14-15(22)9-16(23)19-17(24)10-18(25-20(14)19)12-4-3-5-13(21)8-12/h3-6,8-9,18,22-23H,7,10H2,1-2H3. The number of Topliss-reactive ketones (excluding diaryl/α,β-unsaturated/α-hetero) is 1. The fourth-order valence-electron chi connectivity index (χ4n) is 2.92. The number of ketones is 1. The third-order valence-electron chi connectivity index (χ3n) is 4.18. The second kappa shape index (κ2) is 6.92. The molecule has 0 saturated heterocycles. The summed E-state index contributed by atoms with van der Waals surface area (Å²) >= 11 is 3.43. The van der Waals surface area contributed by atoms with Gasteiger partial charge in [-0.1, -0.05) is 39.7 Å². The fraction of sp³-hybridized carbons (Fsp3) is 0.250. The van der Waals surface area contributed by atoms with Gasteiger partial charge in [0.05, 0.1) is 6.42 Å². The number of phenolic OH excluding ortho intramolecular Hbond substituents is 2. The number of carbonyl (C=O) groups excluding carboxylic acids is 1. The van der Waals surface area contributed by atoms with Crippen molar-refractivity contribution in [3.63, 3.8) is 0 Å². The van der Waals surface area contributed by atoms with Crippen molar-refractivity contribution >= 4 is 21.7 Å². The van der Waals surface area contributed by atoms with Crippen molar-refractivity contribution in [1.29, 1.82) is 0 Å². The third kappa shape index (κ3) is 3.56. The van der Waals surface area contributed by atoms with E-state index in [2.05, 4.69) is 15.9 Å². The Morgan fingerprint density at radius 2 is 2.04 bits per heavy atom. The first kappa shape index (κ1) is 17.5. The molecule has 1 aliphatic heterocycles. The van der Waals surface area contributed by atoms with E-state index in [9.17, 15) is 15.0 Å². The van der Waals surface area contributed by atoms with Crippen molar-refractivity contribution < 1.29 is 19.7 Å². The van der Waals surface area contributed by atoms with Gasteiger partial charge >= 0.3 is 0 Å². The Bertz CT molecular complexity index is 866. The molecule has 2 N–H and O–H groups in total. The number of carbonyl (C=O) groups is 1. The van der Waals surface area contributed by atoms with Crippen LogP contribution in [-0.2, 0) is 6.42 Å². The molecule has 3 rings (SSSR count). The lowest BCUT2D eigenvalue weighted by molar-refractivity contribution is 0.0842. The number of ether oxygens (including phenoxy) is 1. The number of hydrogen-bond donors (Lipinski definition) is 2. The second-order valence-corrected chi connectivity index (χ2v) is 7.29. The van der Waals surface area contributed by atoms with Crippen molar-refractivity contribution in [3.05, 3.63) is 63.1 Å². The minimum atomic E-state index is -0.454. The van der Waals surface area contributed by atoms with Crippen LogP contribution < -0.4 is 4.74 Å². The highest BCUT2D eigenvalue weighted by Gasteiger charge is 2.33. The molecule has 25 heavy (non-hydrogen) atoms. The molecule has 1 heterocycles. The van der Waals surface area contributed by atoms with Crippen LogP contribution in [0.25, 0.3) is 0 Å². The molecular formula is C20H19BrO4. The van der Waals surface area contributed by atoms with Gasteiger partial charge in [-0.2, -0.15) is 0 Å². The normalized spacial score (nSPS) is 16.1. The Morgan fingerprint density at radius 3 is 2.72 bits per heavy atom. The molecule has 1 atom stereocenters. The van der Waals surface area contributed by atoms with Crippen LogP contribution in [0.2, 0.25) is 0 Å². The molecule has 0 bridgehead atoms. The van der Waals surface area contributed by atoms with Gasteiger partial charge in [0.15, 0.2) is 5.78 Å². The molecule has 5 heteroatoms. The fourth-order valence-corrected chi connectivity index (χ4v) is 3.34. The largest absolute Gasteiger partial charge is 0.507 e. The first-order chi connectivity index (χ1) is 11.9. The molecule has 0 aliphatic carbocycles. The monoisotopic (exact) mass is 402 g/mol. The Kier molecular flexibility index (Phi) is 4.86. The summed E-state index contributed by atoms with van der Waals surface area (Å²) in [5, 5.41) is 20.4. The van der Waals surface area contributed by atoms with Gasteiger partial charge in [-0.05, 0) is 38.0 Å². The van der Waals surface area contributed by atoms with Gasteiger partial charge in [0.25, 0.3) is 0 Å². The highest BCUT2D eigenvalue weighted by atomic mass is 79.9. The lowest BCUT2D eigenvalue weighted by atomic mass is 9.92. The van der Waals surface area contributed by atoms with E-state index >= 15 is 0 Å². The quantitative estimate of drug-likeness (QED) is 0.702. The van der Waals surface area contributed by atoms with Crippen molar-refractivity contribution in [1.82, 2.24) is 0 Å². The number of hydrogen-bond acceptors (Lipinski definition) is 4. The predicted molar refractivity (Wildman–Crippen MR) is 99.4 cm³/mol. The van der Waals surface area contributed by atoms with Gasteiger partial charge in [0.2, 0.25) is 0 Å². The number of halogens is 1. The molecule has 0 radical (unpaired) electrons. The van der Waals surface area contributed by atoms with Gasteiger partial charge in [-0.15, -0.1) is 0 Å². The Balaban J connectivity index is 2.09. The molecule has 0 spiro atoms. The Morgan fingerprint density at radius 1 is 1.28 bits per heavy atom. The summed E-state index contributed by atoms with van der Waals surface area (Å²) < 4.78 is 6.98. The highest BCUT2D eigenvalue weighted by molar-refractivity contribution is 9.10. The minimum absolute atomic E-state index is 0.0727. The van der Waals surface area contributed by atoms with Crippen LogP contribution in [-0.4, -0.2) is 16.0 Å². The number of rotatable bonds is 3. The van der Waals surface area contributed by atoms with Crippen molar-refractivity contribution in [2.24, 2.45) is 0 Å². The molecule has 4 nitrogen and oxygen atoms in total. The zero-order chi connectivity index (χ0) is 18.1. The van der Waals surface area contributed by atoms with Gasteiger partial charge in [-0.25, -0.2) is 0 Å². The summed E-state index contributed by atoms with van der Waals surface area (Å²) in [4.78, 5) is 12.6. The number of benzene rings is 2. The van der Waals surface area contributed by atoms with Crippen molar-refractivity contribution in [2.45, 2.75) is 32.8 Å². The van der Waals surface area contributed by atoms with E-state index < -0.39 is 6.10 Å². The van der Waals surface area contributed by atoms with Gasteiger partial charge in [0.1, 0.15) is 28.9 Å². The molecule has 1 aliphatic rings. The minimum Gasteiger partial charge on any atom is -0.507 e. The summed E-state index contributed by atoms with van der Waals surface area (Å²) in [7, 11) is 0. The Hall–Kier alpha value is -2.27. The van der Waals surface area contributed by atoms with Crippen LogP contribution in [0.15, 0.2) is 46.5 Å². The molecule has 1 unspecified atom stereocenters. The van der Waals surface area contributed by atoms with E-state index in [1.165, 1.54) is 6.07 Å². The van der Waals surface area contributed by atoms with E-state index in [-0.39, 0.29) is 35.0 Å². The van der Waals surface area contributed by atoms with E-state index in [1.54, 1.807) is 0 Å². The maximum Gasteiger partial charge on any atom is 0.174 e. The topological polar surface area (TPSA) is 66.8 Å². The average molecular weight is 403 g/mol. The third-order valence-corrected chi connectivity index (χ3v) is 4.68. The maximum absolute atomic E-state index is 12.6. The first-order valence-corrected chi connectivity index (χ1v) is 8.82. The molecule has 0 fully saturated rings. The highest BCUT2D eigenvalue weighted by Crippen LogP contribution is 2.45. The lowest BCUT2D eigenvalue weighted by Gasteiger charge is -2.28. The molecular weight excluding hydrogens is 384 g/mol. The van der Waals surface area contributed by atoms with Gasteiger partial charge in [0, 0.05) is 16.1 Å². The first-order valence-electron chi connectivity index (χ1n) is 8.03. The zero-order valence-electron chi connectivity index (χ0n) is 14.0. The summed E-state index contributed by atoms with van der Waals surface area (Å²) in [6.45, 7) is 3.92. The van der Waals surface area contributed by atoms with E-state index in [0.717, 1.165) is 15.6 Å². The number of fused-ring (bicyclic) bond motifs is 1. The van der Waals surface area contributed by atoms with E-state index in [1.807, 2.05) is 44.2 Å². The lowest BCUT2D eigenvalue weighted by Crippen LogP contribution is -2.21. The smallest absolute Gasteiger partial charge is 0.174 e. The summed E-state index contributed by atoms with van der Waals surface area (Å²) in [5.74, 6) is -0.235. The number of phenols is 2. The number of allylic oxidation sites excluding steroid dienone is 2. The average Bonchev–Trinajstić information content (AvgIpc) is 2.53. The van der Waals surface area contributed by atoms with E-state index in [4.69, 9.17) is 4.74 Å². The molecule has 2 aromatic rings. The van der Waals surface area contributed by atoms with Crippen LogP contribution in [0.4, 0.5) is 0 Å². The van der Waals surface area contributed by atoms with E-state index in [0.29, 0.717) is 12.0 Å². The van der Waals surface area contributed by atoms with Gasteiger partial charge < -0.3 is 14.9 Å². The SMILES string of the molecule is CC(C)=CCc1c(O)cc(O)c2c1OC(c1cccc(Br)c1)CC2=O. The molecule has 0 amide bonds.